The summed E-state index contributed by atoms with van der Waals surface area (Å²) >= 11 is 0. The van der Waals surface area contributed by atoms with Gasteiger partial charge in [-0.05, 0) is 68.1 Å². The van der Waals surface area contributed by atoms with Crippen LogP contribution in [0.2, 0.25) is 0 Å². The largest absolute Gasteiger partial charge is 0.379 e. The number of hydrogen-bond donors (Lipinski definition) is 2. The first-order chi connectivity index (χ1) is 16.3. The van der Waals surface area contributed by atoms with Gasteiger partial charge in [-0.2, -0.15) is 0 Å². The van der Waals surface area contributed by atoms with Gasteiger partial charge in [0.1, 0.15) is 0 Å². The third-order valence-electron chi connectivity index (χ3n) is 7.32. The number of amides is 1. The second-order valence-electron chi connectivity index (χ2n) is 9.44. The van der Waals surface area contributed by atoms with Gasteiger partial charge in [0.25, 0.3) is 15.9 Å². The Morgan fingerprint density at radius 3 is 2.35 bits per heavy atom. The summed E-state index contributed by atoms with van der Waals surface area (Å²) in [6, 6.07) is 11.6. The maximum Gasteiger partial charge on any atom is 0.261 e. The van der Waals surface area contributed by atoms with Gasteiger partial charge in [-0.1, -0.05) is 31.4 Å². The molecule has 1 amide bonds. The maximum atomic E-state index is 12.9. The lowest BCUT2D eigenvalue weighted by Gasteiger charge is -2.48. The summed E-state index contributed by atoms with van der Waals surface area (Å²) in [6.45, 7) is 7.70. The first-order valence-corrected chi connectivity index (χ1v) is 13.6. The molecular formula is C26H35N3O4S. The molecular weight excluding hydrogens is 450 g/mol. The fourth-order valence-corrected chi connectivity index (χ4v) is 6.17. The van der Waals surface area contributed by atoms with Crippen molar-refractivity contribution in [2.24, 2.45) is 0 Å². The van der Waals surface area contributed by atoms with Crippen molar-refractivity contribution in [3.05, 3.63) is 59.2 Å². The summed E-state index contributed by atoms with van der Waals surface area (Å²) in [5, 5.41) is 3.13. The van der Waals surface area contributed by atoms with Crippen LogP contribution in [0.4, 0.5) is 5.69 Å². The van der Waals surface area contributed by atoms with Crippen molar-refractivity contribution in [3.63, 3.8) is 0 Å². The number of ether oxygens (including phenoxy) is 1. The molecule has 0 aromatic heterocycles. The van der Waals surface area contributed by atoms with E-state index in [1.165, 1.54) is 31.4 Å². The van der Waals surface area contributed by atoms with E-state index < -0.39 is 10.0 Å². The molecule has 0 atom stereocenters. The molecule has 0 radical (unpaired) electrons. The Labute approximate surface area is 202 Å². The average molecular weight is 486 g/mol. The number of carbonyl (C=O) groups is 1. The van der Waals surface area contributed by atoms with Crippen LogP contribution in [0, 0.1) is 13.8 Å². The Balaban J connectivity index is 1.42. The topological polar surface area (TPSA) is 87.7 Å². The lowest BCUT2D eigenvalue weighted by Crippen LogP contribution is -2.59. The van der Waals surface area contributed by atoms with Crippen molar-refractivity contribution in [3.8, 4) is 0 Å². The highest BCUT2D eigenvalue weighted by Crippen LogP contribution is 2.34. The Bertz CT molecular complexity index is 1100. The van der Waals surface area contributed by atoms with Crippen molar-refractivity contribution in [1.82, 2.24) is 10.2 Å². The molecule has 0 unspecified atom stereocenters. The van der Waals surface area contributed by atoms with Crippen molar-refractivity contribution in [1.29, 1.82) is 0 Å². The molecule has 2 aromatic rings. The molecule has 0 spiro atoms. The Hall–Kier alpha value is -2.42. The molecule has 1 aliphatic carbocycles. The second-order valence-corrected chi connectivity index (χ2v) is 11.1. The van der Waals surface area contributed by atoms with Crippen LogP contribution in [0.1, 0.15) is 53.6 Å². The molecule has 1 heterocycles. The van der Waals surface area contributed by atoms with Gasteiger partial charge in [0.15, 0.2) is 0 Å². The summed E-state index contributed by atoms with van der Waals surface area (Å²) < 4.78 is 33.9. The smallest absolute Gasteiger partial charge is 0.261 e. The number of carbonyl (C=O) groups excluding carboxylic acids is 1. The van der Waals surface area contributed by atoms with Crippen LogP contribution in [-0.4, -0.2) is 57.6 Å². The van der Waals surface area contributed by atoms with E-state index >= 15 is 0 Å². The summed E-state index contributed by atoms with van der Waals surface area (Å²) in [6.07, 6.45) is 5.75. The monoisotopic (exact) mass is 485 g/mol. The highest BCUT2D eigenvalue weighted by atomic mass is 32.2. The molecule has 34 heavy (non-hydrogen) atoms. The number of nitrogens with one attached hydrogen (secondary N) is 2. The Morgan fingerprint density at radius 1 is 1.00 bits per heavy atom. The number of morpholine rings is 1. The Kier molecular flexibility index (Phi) is 7.60. The van der Waals surface area contributed by atoms with Gasteiger partial charge in [0, 0.05) is 30.7 Å². The number of anilines is 1. The highest BCUT2D eigenvalue weighted by molar-refractivity contribution is 7.92. The number of hydrogen-bond acceptors (Lipinski definition) is 5. The zero-order chi connectivity index (χ0) is 24.2. The molecule has 7 nitrogen and oxygen atoms in total. The third kappa shape index (κ3) is 5.45. The first kappa shape index (κ1) is 24.7. The normalized spacial score (nSPS) is 18.9. The minimum absolute atomic E-state index is 0.0173. The minimum atomic E-state index is -3.75. The maximum absolute atomic E-state index is 12.9. The SMILES string of the molecule is Cc1cccc(NS(=O)(=O)c2ccc(C(=O)NCC3(N4CCOCC4)CCCCC3)cc2)c1C. The van der Waals surface area contributed by atoms with Gasteiger partial charge >= 0.3 is 0 Å². The fraction of sp³-hybridized carbons (Fsp3) is 0.500. The van der Waals surface area contributed by atoms with Crippen molar-refractivity contribution in [2.45, 2.75) is 56.4 Å². The van der Waals surface area contributed by atoms with Gasteiger partial charge in [-0.15, -0.1) is 0 Å². The molecule has 1 saturated heterocycles. The molecule has 2 aromatic carbocycles. The molecule has 1 saturated carbocycles. The van der Waals surface area contributed by atoms with E-state index in [0.717, 1.165) is 50.3 Å². The van der Waals surface area contributed by atoms with Gasteiger partial charge in [0.2, 0.25) is 0 Å². The van der Waals surface area contributed by atoms with E-state index in [9.17, 15) is 13.2 Å². The van der Waals surface area contributed by atoms with E-state index in [-0.39, 0.29) is 16.3 Å². The molecule has 2 fully saturated rings. The third-order valence-corrected chi connectivity index (χ3v) is 8.70. The van der Waals surface area contributed by atoms with Gasteiger partial charge in [-0.3, -0.25) is 14.4 Å². The minimum Gasteiger partial charge on any atom is -0.379 e. The number of nitrogens with zero attached hydrogens (tertiary/aromatic N) is 1. The van der Waals surface area contributed by atoms with E-state index in [0.29, 0.717) is 17.8 Å². The number of aryl methyl sites for hydroxylation is 1. The molecule has 2 N–H and O–H groups in total. The van der Waals surface area contributed by atoms with Crippen LogP contribution in [-0.2, 0) is 14.8 Å². The molecule has 184 valence electrons. The molecule has 8 heteroatoms. The lowest BCUT2D eigenvalue weighted by atomic mass is 9.79. The molecule has 2 aliphatic rings. The predicted octanol–water partition coefficient (Wildman–Crippen LogP) is 3.87. The number of benzene rings is 2. The molecule has 1 aliphatic heterocycles. The van der Waals surface area contributed by atoms with Crippen LogP contribution < -0.4 is 10.0 Å². The van der Waals surface area contributed by atoms with Crippen LogP contribution in [0.3, 0.4) is 0 Å². The lowest BCUT2D eigenvalue weighted by molar-refractivity contribution is -0.0361. The van der Waals surface area contributed by atoms with E-state index in [1.54, 1.807) is 18.2 Å². The average Bonchev–Trinajstić information content (AvgIpc) is 2.86. The summed E-state index contributed by atoms with van der Waals surface area (Å²) in [7, 11) is -3.75. The van der Waals surface area contributed by atoms with Gasteiger partial charge in [0.05, 0.1) is 23.8 Å². The quantitative estimate of drug-likeness (QED) is 0.622. The van der Waals surface area contributed by atoms with E-state index in [2.05, 4.69) is 14.9 Å². The highest BCUT2D eigenvalue weighted by Gasteiger charge is 2.38. The fourth-order valence-electron chi connectivity index (χ4n) is 5.05. The summed E-state index contributed by atoms with van der Waals surface area (Å²) in [5.74, 6) is -0.176. The standard InChI is InChI=1S/C26H35N3O4S/c1-20-7-6-8-24(21(20)2)28-34(31,32)23-11-9-22(10-12-23)25(30)27-19-26(13-4-3-5-14-26)29-15-17-33-18-16-29/h6-12,28H,3-5,13-19H2,1-2H3,(H,27,30). The number of rotatable bonds is 7. The van der Waals surface area contributed by atoms with Crippen LogP contribution >= 0.6 is 0 Å². The number of sulfonamides is 1. The van der Waals surface area contributed by atoms with Crippen molar-refractivity contribution < 1.29 is 17.9 Å². The van der Waals surface area contributed by atoms with Crippen LogP contribution in [0.25, 0.3) is 0 Å². The van der Waals surface area contributed by atoms with Crippen molar-refractivity contribution >= 4 is 21.6 Å². The zero-order valence-corrected chi connectivity index (χ0v) is 20.9. The van der Waals surface area contributed by atoms with Crippen LogP contribution in [0.15, 0.2) is 47.4 Å². The summed E-state index contributed by atoms with van der Waals surface area (Å²) in [5.41, 5.74) is 2.90. The summed E-state index contributed by atoms with van der Waals surface area (Å²) in [4.78, 5) is 15.5. The van der Waals surface area contributed by atoms with Gasteiger partial charge in [-0.25, -0.2) is 8.42 Å². The zero-order valence-electron chi connectivity index (χ0n) is 20.1. The molecule has 0 bridgehead atoms. The predicted molar refractivity (Wildman–Crippen MR) is 134 cm³/mol. The van der Waals surface area contributed by atoms with Crippen molar-refractivity contribution in [2.75, 3.05) is 37.6 Å². The Morgan fingerprint density at radius 2 is 1.68 bits per heavy atom. The van der Waals surface area contributed by atoms with E-state index in [1.807, 2.05) is 26.0 Å². The van der Waals surface area contributed by atoms with E-state index in [4.69, 9.17) is 4.74 Å². The van der Waals surface area contributed by atoms with Gasteiger partial charge < -0.3 is 10.1 Å². The van der Waals surface area contributed by atoms with Crippen LogP contribution in [0.5, 0.6) is 0 Å². The molecule has 4 rings (SSSR count). The second kappa shape index (κ2) is 10.5. The first-order valence-electron chi connectivity index (χ1n) is 12.1.